The maximum absolute atomic E-state index is 11.2. The number of aromatic carboxylic acids is 1. The zero-order chi connectivity index (χ0) is 15.0. The summed E-state index contributed by atoms with van der Waals surface area (Å²) < 4.78 is 3.16. The van der Waals surface area contributed by atoms with Crippen molar-refractivity contribution in [1.82, 2.24) is 9.55 Å². The molecule has 0 aliphatic carbocycles. The summed E-state index contributed by atoms with van der Waals surface area (Å²) in [5.74, 6) is 0.0543. The van der Waals surface area contributed by atoms with Crippen LogP contribution in [0.3, 0.4) is 0 Å². The van der Waals surface area contributed by atoms with Crippen LogP contribution in [0.4, 0.5) is 0 Å². The van der Waals surface area contributed by atoms with E-state index in [0.717, 1.165) is 27.8 Å². The molecule has 4 nitrogen and oxygen atoms in total. The van der Waals surface area contributed by atoms with Crippen molar-refractivity contribution in [3.63, 3.8) is 0 Å². The minimum absolute atomic E-state index is 0.290. The molecule has 0 bridgehead atoms. The molecule has 0 unspecified atom stereocenters. The number of hydrogen-bond donors (Lipinski definition) is 1. The fraction of sp³-hybridized carbons (Fsp3) is 0.200. The molecule has 0 aliphatic heterocycles. The third-order valence-electron chi connectivity index (χ3n) is 3.33. The molecule has 108 valence electrons. The first-order chi connectivity index (χ1) is 10.1. The number of carboxylic acid groups (broad SMARTS) is 1. The number of benzene rings is 1. The van der Waals surface area contributed by atoms with Crippen LogP contribution >= 0.6 is 27.3 Å². The highest BCUT2D eigenvalue weighted by atomic mass is 79.9. The third kappa shape index (κ3) is 2.73. The number of aryl methyl sites for hydroxylation is 1. The molecule has 6 heteroatoms. The molecule has 3 rings (SSSR count). The van der Waals surface area contributed by atoms with E-state index < -0.39 is 5.97 Å². The zero-order valence-electron chi connectivity index (χ0n) is 11.3. The molecule has 0 atom stereocenters. The van der Waals surface area contributed by atoms with Crippen molar-refractivity contribution < 1.29 is 9.90 Å². The van der Waals surface area contributed by atoms with Gasteiger partial charge in [-0.15, -0.1) is 11.3 Å². The molecule has 0 saturated heterocycles. The Balaban J connectivity index is 2.13. The molecule has 0 amide bonds. The maximum atomic E-state index is 11.2. The van der Waals surface area contributed by atoms with Crippen LogP contribution in [0.2, 0.25) is 0 Å². The number of hydrogen-bond acceptors (Lipinski definition) is 3. The standard InChI is InChI=1S/C15H13BrN2O2S/c1-2-14-17-12-4-3-9(15(19)20)5-13(12)18(14)7-11-6-10(16)8-21-11/h3-6,8H,2,7H2,1H3,(H,19,20). The Hall–Kier alpha value is -1.66. The van der Waals surface area contributed by atoms with Gasteiger partial charge in [0.15, 0.2) is 0 Å². The van der Waals surface area contributed by atoms with Gasteiger partial charge in [0.25, 0.3) is 0 Å². The molecule has 2 aromatic heterocycles. The summed E-state index contributed by atoms with van der Waals surface area (Å²) in [7, 11) is 0. The minimum Gasteiger partial charge on any atom is -0.478 e. The molecule has 0 radical (unpaired) electrons. The predicted octanol–water partition coefficient (Wildman–Crippen LogP) is 4.17. The van der Waals surface area contributed by atoms with E-state index in [-0.39, 0.29) is 0 Å². The van der Waals surface area contributed by atoms with Crippen LogP contribution in [0.1, 0.15) is 28.0 Å². The van der Waals surface area contributed by atoms with Crippen molar-refractivity contribution in [3.8, 4) is 0 Å². The van der Waals surface area contributed by atoms with E-state index >= 15 is 0 Å². The second kappa shape index (κ2) is 5.61. The lowest BCUT2D eigenvalue weighted by Gasteiger charge is -2.06. The smallest absolute Gasteiger partial charge is 0.335 e. The van der Waals surface area contributed by atoms with Gasteiger partial charge in [-0.25, -0.2) is 9.78 Å². The van der Waals surface area contributed by atoms with Crippen molar-refractivity contribution in [3.05, 3.63) is 50.4 Å². The Labute approximate surface area is 134 Å². The average molecular weight is 365 g/mol. The molecule has 21 heavy (non-hydrogen) atoms. The second-order valence-electron chi connectivity index (χ2n) is 4.71. The Morgan fingerprint density at radius 1 is 1.43 bits per heavy atom. The highest BCUT2D eigenvalue weighted by Crippen LogP contribution is 2.24. The van der Waals surface area contributed by atoms with Crippen LogP contribution in [0, 0.1) is 0 Å². The van der Waals surface area contributed by atoms with Gasteiger partial charge in [0.05, 0.1) is 23.1 Å². The Morgan fingerprint density at radius 2 is 2.24 bits per heavy atom. The van der Waals surface area contributed by atoms with Crippen molar-refractivity contribution >= 4 is 44.3 Å². The van der Waals surface area contributed by atoms with E-state index in [9.17, 15) is 4.79 Å². The first kappa shape index (κ1) is 14.3. The summed E-state index contributed by atoms with van der Waals surface area (Å²) in [5, 5.41) is 11.2. The number of thiophene rings is 1. The van der Waals surface area contributed by atoms with Crippen molar-refractivity contribution in [2.75, 3.05) is 0 Å². The van der Waals surface area contributed by atoms with Gasteiger partial charge in [0, 0.05) is 21.2 Å². The van der Waals surface area contributed by atoms with E-state index in [1.54, 1.807) is 29.5 Å². The maximum Gasteiger partial charge on any atom is 0.335 e. The Morgan fingerprint density at radius 3 is 2.86 bits per heavy atom. The minimum atomic E-state index is -0.915. The van der Waals surface area contributed by atoms with E-state index in [0.29, 0.717) is 12.1 Å². The lowest BCUT2D eigenvalue weighted by atomic mass is 10.2. The molecule has 2 heterocycles. The normalized spacial score (nSPS) is 11.1. The number of rotatable bonds is 4. The lowest BCUT2D eigenvalue weighted by Crippen LogP contribution is -2.04. The van der Waals surface area contributed by atoms with E-state index in [1.165, 1.54) is 4.88 Å². The van der Waals surface area contributed by atoms with E-state index in [2.05, 4.69) is 38.5 Å². The summed E-state index contributed by atoms with van der Waals surface area (Å²) in [5.41, 5.74) is 2.00. The molecule has 0 aliphatic rings. The molecule has 0 saturated carbocycles. The van der Waals surface area contributed by atoms with Gasteiger partial charge in [-0.2, -0.15) is 0 Å². The molecule has 1 aromatic carbocycles. The first-order valence-corrected chi connectivity index (χ1v) is 8.21. The van der Waals surface area contributed by atoms with Gasteiger partial charge < -0.3 is 9.67 Å². The summed E-state index contributed by atoms with van der Waals surface area (Å²) in [6, 6.07) is 7.16. The molecular formula is C15H13BrN2O2S. The number of fused-ring (bicyclic) bond motifs is 1. The van der Waals surface area contributed by atoms with Gasteiger partial charge in [0.2, 0.25) is 0 Å². The molecular weight excluding hydrogens is 352 g/mol. The van der Waals surface area contributed by atoms with Gasteiger partial charge in [-0.3, -0.25) is 0 Å². The topological polar surface area (TPSA) is 55.1 Å². The fourth-order valence-corrected chi connectivity index (χ4v) is 3.78. The van der Waals surface area contributed by atoms with Crippen LogP contribution in [-0.2, 0) is 13.0 Å². The number of halogens is 1. The molecule has 0 fully saturated rings. The van der Waals surface area contributed by atoms with Crippen LogP contribution in [0.25, 0.3) is 11.0 Å². The predicted molar refractivity (Wildman–Crippen MR) is 87.2 cm³/mol. The largest absolute Gasteiger partial charge is 0.478 e. The van der Waals surface area contributed by atoms with Crippen LogP contribution in [0.5, 0.6) is 0 Å². The van der Waals surface area contributed by atoms with Gasteiger partial charge >= 0.3 is 5.97 Å². The zero-order valence-corrected chi connectivity index (χ0v) is 13.7. The van der Waals surface area contributed by atoms with Crippen molar-refractivity contribution in [1.29, 1.82) is 0 Å². The first-order valence-electron chi connectivity index (χ1n) is 6.54. The van der Waals surface area contributed by atoms with Gasteiger partial charge in [-0.05, 0) is 40.2 Å². The number of nitrogens with zero attached hydrogens (tertiary/aromatic N) is 2. The van der Waals surface area contributed by atoms with Crippen LogP contribution in [0.15, 0.2) is 34.1 Å². The Bertz CT molecular complexity index is 822. The molecule has 1 N–H and O–H groups in total. The highest BCUT2D eigenvalue weighted by molar-refractivity contribution is 9.10. The summed E-state index contributed by atoms with van der Waals surface area (Å²) in [6.07, 6.45) is 0.809. The van der Waals surface area contributed by atoms with Crippen LogP contribution in [-0.4, -0.2) is 20.6 Å². The van der Waals surface area contributed by atoms with E-state index in [4.69, 9.17) is 5.11 Å². The molecule has 0 spiro atoms. The summed E-state index contributed by atoms with van der Waals surface area (Å²) in [6.45, 7) is 2.76. The fourth-order valence-electron chi connectivity index (χ4n) is 2.34. The molecule has 3 aromatic rings. The van der Waals surface area contributed by atoms with Gasteiger partial charge in [0.1, 0.15) is 5.82 Å². The second-order valence-corrected chi connectivity index (χ2v) is 6.62. The summed E-state index contributed by atoms with van der Waals surface area (Å²) >= 11 is 5.13. The van der Waals surface area contributed by atoms with Gasteiger partial charge in [-0.1, -0.05) is 6.92 Å². The van der Waals surface area contributed by atoms with E-state index in [1.807, 2.05) is 5.38 Å². The third-order valence-corrected chi connectivity index (χ3v) is 5.01. The number of carboxylic acids is 1. The van der Waals surface area contributed by atoms with Crippen molar-refractivity contribution in [2.45, 2.75) is 19.9 Å². The Kier molecular flexibility index (Phi) is 3.82. The number of aromatic nitrogens is 2. The summed E-state index contributed by atoms with van der Waals surface area (Å²) in [4.78, 5) is 17.0. The lowest BCUT2D eigenvalue weighted by molar-refractivity contribution is 0.0697. The number of imidazole rings is 1. The monoisotopic (exact) mass is 364 g/mol. The quantitative estimate of drug-likeness (QED) is 0.755. The highest BCUT2D eigenvalue weighted by Gasteiger charge is 2.13. The van der Waals surface area contributed by atoms with Crippen LogP contribution < -0.4 is 0 Å². The average Bonchev–Trinajstić information content (AvgIpc) is 3.02. The number of carbonyl (C=O) groups is 1. The SMILES string of the molecule is CCc1nc2ccc(C(=O)O)cc2n1Cc1cc(Br)cs1. The van der Waals surface area contributed by atoms with Crippen molar-refractivity contribution in [2.24, 2.45) is 0 Å².